The van der Waals surface area contributed by atoms with Crippen LogP contribution < -0.4 is 0 Å². The van der Waals surface area contributed by atoms with E-state index in [1.165, 1.54) is 0 Å². The minimum Gasteiger partial charge on any atom is -0.285 e. The van der Waals surface area contributed by atoms with Crippen LogP contribution in [-0.2, 0) is 4.79 Å². The van der Waals surface area contributed by atoms with Gasteiger partial charge in [-0.15, -0.1) is 23.1 Å². The van der Waals surface area contributed by atoms with Crippen molar-refractivity contribution in [2.24, 2.45) is 0 Å². The van der Waals surface area contributed by atoms with Gasteiger partial charge in [0.1, 0.15) is 0 Å². The largest absolute Gasteiger partial charge is 0.285 e. The average molecular weight is 474 g/mol. The van der Waals surface area contributed by atoms with E-state index in [1.54, 1.807) is 23.1 Å². The Balaban J connectivity index is 2.25. The summed E-state index contributed by atoms with van der Waals surface area (Å²) in [5.41, 5.74) is 1.34. The summed E-state index contributed by atoms with van der Waals surface area (Å²) in [6.07, 6.45) is 0.721. The van der Waals surface area contributed by atoms with Gasteiger partial charge in [-0.2, -0.15) is 0 Å². The van der Waals surface area contributed by atoms with Gasteiger partial charge in [0.15, 0.2) is 0 Å². The molecule has 0 amide bonds. The highest BCUT2D eigenvalue weighted by atomic mass is 127. The molecule has 16 heavy (non-hydrogen) atoms. The summed E-state index contributed by atoms with van der Waals surface area (Å²) in [5.74, 6) is -0.609. The van der Waals surface area contributed by atoms with Crippen molar-refractivity contribution in [1.29, 1.82) is 0 Å². The fourth-order valence-electron chi connectivity index (χ4n) is 1.84. The number of carbonyl (C=O) groups is 2. The van der Waals surface area contributed by atoms with E-state index >= 15 is 0 Å². The van der Waals surface area contributed by atoms with Crippen LogP contribution in [0.15, 0.2) is 11.6 Å². The second-order valence-corrected chi connectivity index (χ2v) is 10.00. The number of halogens is 2. The maximum absolute atomic E-state index is 11.9. The van der Waals surface area contributed by atoms with Crippen molar-refractivity contribution >= 4 is 84.8 Å². The summed E-state index contributed by atoms with van der Waals surface area (Å²) >= 11 is 7.84. The molecule has 0 radical (unpaired) electrons. The fourth-order valence-corrected chi connectivity index (χ4v) is 6.17. The molecule has 82 valence electrons. The standard InChI is InChI=1S/C10H4I2O2S2/c11-5-1-3-7(13)8(14)4-2-6(12)16-10(4)9(3)15-5/h1,6H,2H2. The molecule has 1 aliphatic heterocycles. The van der Waals surface area contributed by atoms with E-state index in [9.17, 15) is 9.59 Å². The molecule has 2 nitrogen and oxygen atoms in total. The Labute approximate surface area is 128 Å². The SMILES string of the molecule is O=C1C(=O)c2cc(I)sc2C2=C1CC(I)S2. The molecule has 3 rings (SSSR count). The third-order valence-electron chi connectivity index (χ3n) is 2.52. The van der Waals surface area contributed by atoms with Gasteiger partial charge in [-0.05, 0) is 35.1 Å². The molecule has 0 saturated carbocycles. The summed E-state index contributed by atoms with van der Waals surface area (Å²) in [7, 11) is 0. The Hall–Kier alpha value is 0.590. The van der Waals surface area contributed by atoms with Gasteiger partial charge in [0.05, 0.1) is 11.0 Å². The molecule has 2 aliphatic rings. The summed E-state index contributed by atoms with van der Waals surface area (Å²) in [6.45, 7) is 0. The molecule has 1 aromatic rings. The second kappa shape index (κ2) is 4.06. The molecule has 1 atom stereocenters. The van der Waals surface area contributed by atoms with E-state index in [-0.39, 0.29) is 11.6 Å². The van der Waals surface area contributed by atoms with Crippen LogP contribution >= 0.6 is 68.3 Å². The van der Waals surface area contributed by atoms with Crippen molar-refractivity contribution in [3.8, 4) is 0 Å². The lowest BCUT2D eigenvalue weighted by Gasteiger charge is -2.10. The van der Waals surface area contributed by atoms with Crippen LogP contribution in [0.1, 0.15) is 21.7 Å². The number of allylic oxidation sites excluding steroid dienone is 1. The molecule has 0 aromatic carbocycles. The number of carbonyl (C=O) groups excluding carboxylic acids is 2. The topological polar surface area (TPSA) is 34.1 Å². The molecule has 0 bridgehead atoms. The molecule has 0 fully saturated rings. The highest BCUT2D eigenvalue weighted by Gasteiger charge is 2.39. The highest BCUT2D eigenvalue weighted by Crippen LogP contribution is 2.52. The number of rotatable bonds is 0. The number of fused-ring (bicyclic) bond motifs is 2. The Bertz CT molecular complexity index is 559. The molecule has 2 heterocycles. The zero-order valence-electron chi connectivity index (χ0n) is 7.75. The van der Waals surface area contributed by atoms with E-state index in [2.05, 4.69) is 45.2 Å². The Morgan fingerprint density at radius 3 is 2.81 bits per heavy atom. The smallest absolute Gasteiger partial charge is 0.234 e. The Morgan fingerprint density at radius 1 is 1.31 bits per heavy atom. The van der Waals surface area contributed by atoms with E-state index in [1.807, 2.05) is 6.07 Å². The second-order valence-electron chi connectivity index (χ2n) is 3.49. The minimum atomic E-state index is -0.320. The predicted molar refractivity (Wildman–Crippen MR) is 83.3 cm³/mol. The van der Waals surface area contributed by atoms with E-state index in [4.69, 9.17) is 0 Å². The maximum atomic E-state index is 11.9. The molecule has 1 unspecified atom stereocenters. The van der Waals surface area contributed by atoms with Crippen molar-refractivity contribution in [2.75, 3.05) is 0 Å². The number of hydrogen-bond donors (Lipinski definition) is 0. The van der Waals surface area contributed by atoms with Crippen LogP contribution in [0.3, 0.4) is 0 Å². The van der Waals surface area contributed by atoms with Gasteiger partial charge in [0.2, 0.25) is 11.6 Å². The molecular weight excluding hydrogens is 470 g/mol. The van der Waals surface area contributed by atoms with Crippen LogP contribution in [0.4, 0.5) is 0 Å². The van der Waals surface area contributed by atoms with Gasteiger partial charge in [-0.25, -0.2) is 0 Å². The number of alkyl halides is 1. The first-order chi connectivity index (χ1) is 7.58. The first-order valence-corrected chi connectivity index (χ1v) is 8.52. The van der Waals surface area contributed by atoms with Gasteiger partial charge in [-0.1, -0.05) is 22.6 Å². The lowest BCUT2D eigenvalue weighted by molar-refractivity contribution is -0.111. The van der Waals surface area contributed by atoms with Crippen LogP contribution in [-0.4, -0.2) is 14.8 Å². The van der Waals surface area contributed by atoms with Crippen molar-refractivity contribution in [3.63, 3.8) is 0 Å². The van der Waals surface area contributed by atoms with Crippen molar-refractivity contribution in [1.82, 2.24) is 0 Å². The Kier molecular flexibility index (Phi) is 2.96. The summed E-state index contributed by atoms with van der Waals surface area (Å²) in [4.78, 5) is 25.8. The molecule has 6 heteroatoms. The number of thioether (sulfide) groups is 1. The highest BCUT2D eigenvalue weighted by molar-refractivity contribution is 14.1. The van der Waals surface area contributed by atoms with Gasteiger partial charge in [-0.3, -0.25) is 9.59 Å². The third kappa shape index (κ3) is 1.64. The van der Waals surface area contributed by atoms with Crippen LogP contribution in [0, 0.1) is 2.88 Å². The molecule has 0 N–H and O–H groups in total. The lowest BCUT2D eigenvalue weighted by atomic mass is 9.94. The maximum Gasteiger partial charge on any atom is 0.234 e. The van der Waals surface area contributed by atoms with Crippen LogP contribution in [0.25, 0.3) is 4.91 Å². The van der Waals surface area contributed by atoms with Crippen molar-refractivity contribution < 1.29 is 9.59 Å². The summed E-state index contributed by atoms with van der Waals surface area (Å²) in [5, 5.41) is 0. The van der Waals surface area contributed by atoms with E-state index in [0.29, 0.717) is 8.82 Å². The molecule has 0 saturated heterocycles. The quantitative estimate of drug-likeness (QED) is 0.327. The number of ketones is 2. The van der Waals surface area contributed by atoms with Gasteiger partial charge >= 0.3 is 0 Å². The average Bonchev–Trinajstić information content (AvgIpc) is 2.78. The summed E-state index contributed by atoms with van der Waals surface area (Å²) < 4.78 is 1.44. The number of thiophene rings is 1. The van der Waals surface area contributed by atoms with Crippen molar-refractivity contribution in [2.45, 2.75) is 9.68 Å². The number of hydrogen-bond acceptors (Lipinski definition) is 4. The first-order valence-electron chi connectivity index (χ1n) is 4.50. The zero-order valence-corrected chi connectivity index (χ0v) is 13.7. The van der Waals surface area contributed by atoms with Gasteiger partial charge < -0.3 is 0 Å². The van der Waals surface area contributed by atoms with Gasteiger partial charge in [0.25, 0.3) is 0 Å². The van der Waals surface area contributed by atoms with Crippen molar-refractivity contribution in [3.05, 3.63) is 25.0 Å². The molecular formula is C10H4I2O2S2. The molecule has 1 aromatic heterocycles. The van der Waals surface area contributed by atoms with Crippen LogP contribution in [0.2, 0.25) is 0 Å². The first kappa shape index (κ1) is 11.7. The monoisotopic (exact) mass is 474 g/mol. The number of Topliss-reactive ketones (excluding diaryl/α,β-unsaturated/α-hetero) is 2. The molecule has 0 spiro atoms. The van der Waals surface area contributed by atoms with E-state index in [0.717, 1.165) is 24.7 Å². The summed E-state index contributed by atoms with van der Waals surface area (Å²) in [6, 6.07) is 1.83. The molecule has 1 aliphatic carbocycles. The van der Waals surface area contributed by atoms with Crippen LogP contribution in [0.5, 0.6) is 0 Å². The van der Waals surface area contributed by atoms with Gasteiger partial charge in [0, 0.05) is 16.0 Å². The zero-order chi connectivity index (χ0) is 11.4. The van der Waals surface area contributed by atoms with E-state index < -0.39 is 0 Å². The normalized spacial score (nSPS) is 23.8. The third-order valence-corrected chi connectivity index (χ3v) is 6.87. The fraction of sp³-hybridized carbons (Fsp3) is 0.200. The minimum absolute atomic E-state index is 0.289. The lowest BCUT2D eigenvalue weighted by Crippen LogP contribution is -2.20. The Morgan fingerprint density at radius 2 is 2.06 bits per heavy atom. The predicted octanol–water partition coefficient (Wildman–Crippen LogP) is 3.73.